The summed E-state index contributed by atoms with van der Waals surface area (Å²) < 4.78 is 0. The number of aliphatic hydroxyl groups excluding tert-OH is 1. The Bertz CT molecular complexity index is 463. The molecule has 1 saturated carbocycles. The molecule has 0 spiro atoms. The summed E-state index contributed by atoms with van der Waals surface area (Å²) in [7, 11) is 0. The van der Waals surface area contributed by atoms with Crippen molar-refractivity contribution in [3.63, 3.8) is 0 Å². The SMILES string of the molecule is O=C(NC(CO)C(=O)O)NC1CC1c1ccccc1. The van der Waals surface area contributed by atoms with Gasteiger partial charge in [-0.25, -0.2) is 9.59 Å². The number of hydrogen-bond donors (Lipinski definition) is 4. The number of amides is 2. The molecule has 6 nitrogen and oxygen atoms in total. The van der Waals surface area contributed by atoms with E-state index in [1.54, 1.807) is 0 Å². The van der Waals surface area contributed by atoms with Crippen molar-refractivity contribution in [1.82, 2.24) is 10.6 Å². The monoisotopic (exact) mass is 264 g/mol. The third kappa shape index (κ3) is 3.45. The van der Waals surface area contributed by atoms with Crippen LogP contribution in [-0.2, 0) is 4.79 Å². The van der Waals surface area contributed by atoms with Gasteiger partial charge in [-0.05, 0) is 12.0 Å². The van der Waals surface area contributed by atoms with E-state index in [1.165, 1.54) is 0 Å². The van der Waals surface area contributed by atoms with Gasteiger partial charge < -0.3 is 20.8 Å². The Morgan fingerprint density at radius 1 is 1.32 bits per heavy atom. The molecule has 2 rings (SSSR count). The summed E-state index contributed by atoms with van der Waals surface area (Å²) in [6, 6.07) is 8.00. The largest absolute Gasteiger partial charge is 0.480 e. The van der Waals surface area contributed by atoms with E-state index in [-0.39, 0.29) is 12.0 Å². The number of aliphatic carboxylic acids is 1. The van der Waals surface area contributed by atoms with Crippen LogP contribution in [0.5, 0.6) is 0 Å². The van der Waals surface area contributed by atoms with E-state index in [2.05, 4.69) is 10.6 Å². The zero-order valence-electron chi connectivity index (χ0n) is 10.2. The van der Waals surface area contributed by atoms with Gasteiger partial charge in [0, 0.05) is 12.0 Å². The van der Waals surface area contributed by atoms with Crippen molar-refractivity contribution in [2.45, 2.75) is 24.4 Å². The van der Waals surface area contributed by atoms with Gasteiger partial charge in [-0.3, -0.25) is 0 Å². The minimum atomic E-state index is -1.27. The van der Waals surface area contributed by atoms with Crippen LogP contribution in [0.2, 0.25) is 0 Å². The smallest absolute Gasteiger partial charge is 0.328 e. The lowest BCUT2D eigenvalue weighted by Crippen LogP contribution is -2.48. The molecule has 1 fully saturated rings. The summed E-state index contributed by atoms with van der Waals surface area (Å²) in [6.07, 6.45) is 0.842. The highest BCUT2D eigenvalue weighted by Gasteiger charge is 2.39. The third-order valence-corrected chi connectivity index (χ3v) is 3.12. The summed E-state index contributed by atoms with van der Waals surface area (Å²) >= 11 is 0. The standard InChI is InChI=1S/C13H16N2O4/c16-7-11(12(17)18)15-13(19)14-10-6-9(10)8-4-2-1-3-5-8/h1-5,9-11,16H,6-7H2,(H,17,18)(H2,14,15,19). The van der Waals surface area contributed by atoms with Crippen LogP contribution in [0.1, 0.15) is 17.9 Å². The molecule has 19 heavy (non-hydrogen) atoms. The number of urea groups is 1. The number of carboxylic acids is 1. The Hall–Kier alpha value is -2.08. The lowest BCUT2D eigenvalue weighted by atomic mass is 10.1. The first-order valence-corrected chi connectivity index (χ1v) is 6.07. The molecule has 1 aliphatic carbocycles. The molecule has 1 aromatic carbocycles. The molecule has 102 valence electrons. The summed E-state index contributed by atoms with van der Waals surface area (Å²) in [6.45, 7) is -0.629. The van der Waals surface area contributed by atoms with Gasteiger partial charge in [0.25, 0.3) is 0 Å². The number of nitrogens with one attached hydrogen (secondary N) is 2. The highest BCUT2D eigenvalue weighted by Crippen LogP contribution is 2.40. The second-order valence-corrected chi connectivity index (χ2v) is 4.55. The van der Waals surface area contributed by atoms with E-state index in [1.807, 2.05) is 30.3 Å². The highest BCUT2D eigenvalue weighted by molar-refractivity contribution is 5.83. The molecule has 4 N–H and O–H groups in total. The Morgan fingerprint density at radius 3 is 2.58 bits per heavy atom. The van der Waals surface area contributed by atoms with Crippen molar-refractivity contribution >= 4 is 12.0 Å². The maximum Gasteiger partial charge on any atom is 0.328 e. The Kier molecular flexibility index (Phi) is 4.01. The van der Waals surface area contributed by atoms with Gasteiger partial charge in [0.2, 0.25) is 0 Å². The third-order valence-electron chi connectivity index (χ3n) is 3.12. The van der Waals surface area contributed by atoms with E-state index in [4.69, 9.17) is 10.2 Å². The quantitative estimate of drug-likeness (QED) is 0.614. The van der Waals surface area contributed by atoms with Gasteiger partial charge in [-0.1, -0.05) is 30.3 Å². The average Bonchev–Trinajstić information content (AvgIpc) is 3.16. The topological polar surface area (TPSA) is 98.7 Å². The van der Waals surface area contributed by atoms with Crippen LogP contribution < -0.4 is 10.6 Å². The second kappa shape index (κ2) is 5.71. The van der Waals surface area contributed by atoms with Gasteiger partial charge >= 0.3 is 12.0 Å². The normalized spacial score (nSPS) is 22.4. The fraction of sp³-hybridized carbons (Fsp3) is 0.385. The molecule has 0 radical (unpaired) electrons. The average molecular weight is 264 g/mol. The maximum atomic E-state index is 11.5. The minimum Gasteiger partial charge on any atom is -0.480 e. The fourth-order valence-corrected chi connectivity index (χ4v) is 1.98. The molecule has 0 heterocycles. The van der Waals surface area contributed by atoms with Gasteiger partial charge in [0.1, 0.15) is 0 Å². The first-order valence-electron chi connectivity index (χ1n) is 6.07. The van der Waals surface area contributed by atoms with E-state index in [0.29, 0.717) is 0 Å². The summed E-state index contributed by atoms with van der Waals surface area (Å²) in [5.41, 5.74) is 1.16. The minimum absolute atomic E-state index is 0.0236. The van der Waals surface area contributed by atoms with Gasteiger partial charge in [0.05, 0.1) is 6.61 Å². The van der Waals surface area contributed by atoms with Crippen molar-refractivity contribution in [2.75, 3.05) is 6.61 Å². The Morgan fingerprint density at radius 2 is 2.00 bits per heavy atom. The molecule has 1 aliphatic rings. The van der Waals surface area contributed by atoms with Gasteiger partial charge in [-0.2, -0.15) is 0 Å². The predicted octanol–water partition coefficient (Wildman–Crippen LogP) is 0.287. The number of carboxylic acid groups (broad SMARTS) is 1. The van der Waals surface area contributed by atoms with Crippen LogP contribution in [0, 0.1) is 0 Å². The zero-order valence-corrected chi connectivity index (χ0v) is 10.2. The lowest BCUT2D eigenvalue weighted by Gasteiger charge is -2.12. The zero-order chi connectivity index (χ0) is 13.8. The molecular weight excluding hydrogens is 248 g/mol. The van der Waals surface area contributed by atoms with Crippen LogP contribution in [0.15, 0.2) is 30.3 Å². The predicted molar refractivity (Wildman–Crippen MR) is 67.8 cm³/mol. The summed E-state index contributed by atoms with van der Waals surface area (Å²) in [5, 5.41) is 22.4. The van der Waals surface area contributed by atoms with Crippen LogP contribution in [0.25, 0.3) is 0 Å². The van der Waals surface area contributed by atoms with Crippen LogP contribution in [0.3, 0.4) is 0 Å². The number of carbonyl (C=O) groups excluding carboxylic acids is 1. The molecular formula is C13H16N2O4. The molecule has 0 aliphatic heterocycles. The first-order chi connectivity index (χ1) is 9.11. The van der Waals surface area contributed by atoms with Crippen LogP contribution >= 0.6 is 0 Å². The molecule has 2 amide bonds. The number of carbonyl (C=O) groups is 2. The van der Waals surface area contributed by atoms with Crippen molar-refractivity contribution in [2.24, 2.45) is 0 Å². The number of aliphatic hydroxyl groups is 1. The lowest BCUT2D eigenvalue weighted by molar-refractivity contribution is -0.140. The molecule has 6 heteroatoms. The number of benzene rings is 1. The first kappa shape index (κ1) is 13.4. The molecule has 1 aromatic rings. The molecule has 3 unspecified atom stereocenters. The summed E-state index contributed by atoms with van der Waals surface area (Å²) in [4.78, 5) is 22.2. The Balaban J connectivity index is 1.81. The van der Waals surface area contributed by atoms with E-state index < -0.39 is 24.6 Å². The summed E-state index contributed by atoms with van der Waals surface area (Å²) in [5.74, 6) is -0.975. The van der Waals surface area contributed by atoms with E-state index in [0.717, 1.165) is 12.0 Å². The molecule has 3 atom stereocenters. The van der Waals surface area contributed by atoms with Crippen molar-refractivity contribution in [3.8, 4) is 0 Å². The second-order valence-electron chi connectivity index (χ2n) is 4.55. The van der Waals surface area contributed by atoms with Crippen LogP contribution in [-0.4, -0.2) is 40.9 Å². The van der Waals surface area contributed by atoms with Gasteiger partial charge in [0.15, 0.2) is 6.04 Å². The van der Waals surface area contributed by atoms with E-state index in [9.17, 15) is 9.59 Å². The maximum absolute atomic E-state index is 11.5. The molecule has 0 aromatic heterocycles. The van der Waals surface area contributed by atoms with Crippen LogP contribution in [0.4, 0.5) is 4.79 Å². The Labute approximate surface area is 110 Å². The van der Waals surface area contributed by atoms with Gasteiger partial charge in [-0.15, -0.1) is 0 Å². The van der Waals surface area contributed by atoms with E-state index >= 15 is 0 Å². The highest BCUT2D eigenvalue weighted by atomic mass is 16.4. The molecule has 0 bridgehead atoms. The number of hydrogen-bond acceptors (Lipinski definition) is 3. The fourth-order valence-electron chi connectivity index (χ4n) is 1.98. The van der Waals surface area contributed by atoms with Crippen molar-refractivity contribution < 1.29 is 19.8 Å². The number of rotatable bonds is 5. The van der Waals surface area contributed by atoms with Crippen molar-refractivity contribution in [1.29, 1.82) is 0 Å². The van der Waals surface area contributed by atoms with Crippen molar-refractivity contribution in [3.05, 3.63) is 35.9 Å². The molecule has 0 saturated heterocycles.